The van der Waals surface area contributed by atoms with Crippen LogP contribution in [0.4, 0.5) is 20.2 Å². The van der Waals surface area contributed by atoms with E-state index in [1.165, 1.54) is 22.3 Å². The summed E-state index contributed by atoms with van der Waals surface area (Å²) in [5.41, 5.74) is 4.28. The number of hydrogen-bond acceptors (Lipinski definition) is 14. The van der Waals surface area contributed by atoms with Crippen LogP contribution in [0.15, 0.2) is 107 Å². The number of benzene rings is 4. The van der Waals surface area contributed by atoms with Crippen molar-refractivity contribution in [2.45, 2.75) is 63.6 Å². The molecule has 8 rings (SSSR count). The maximum atomic E-state index is 15.0. The number of rotatable bonds is 16. The highest BCUT2D eigenvalue weighted by Gasteiger charge is 2.24. The largest absolute Gasteiger partial charge is 0.491 e. The number of anilines is 2. The van der Waals surface area contributed by atoms with E-state index in [9.17, 15) is 18.4 Å². The second kappa shape index (κ2) is 21.7. The molecule has 0 amide bonds. The summed E-state index contributed by atoms with van der Waals surface area (Å²) < 4.78 is 52.9. The topological polar surface area (TPSA) is 145 Å². The molecule has 0 aliphatic carbocycles. The number of carbonyl (C=O) groups is 2. The Bertz CT molecular complexity index is 2150. The Morgan fingerprint density at radius 2 is 1.06 bits per heavy atom. The molecule has 4 aliphatic heterocycles. The SMILES string of the molecule is O=C(/C=C\C(=O)ON1CCN=C1Nc1ccc(Cc2ccc(OCC3CCCCO3)cc2F)cc1)ON1CCN=C1Nc1ccc(Cc2ccc(OCC3CCCCO3)cc2F)cc1. The fourth-order valence-electron chi connectivity index (χ4n) is 7.55. The number of nitrogens with zero attached hydrogens (tertiary/aromatic N) is 4. The van der Waals surface area contributed by atoms with E-state index in [0.717, 1.165) is 75.0 Å². The number of aliphatic imine (C=N–C) groups is 2. The van der Waals surface area contributed by atoms with Crippen molar-refractivity contribution in [3.05, 3.63) is 131 Å². The molecule has 2 unspecified atom stereocenters. The van der Waals surface area contributed by atoms with Gasteiger partial charge in [-0.3, -0.25) is 0 Å². The third kappa shape index (κ3) is 12.6. The highest BCUT2D eigenvalue weighted by molar-refractivity contribution is 5.97. The number of nitrogens with one attached hydrogen (secondary N) is 2. The molecule has 4 aromatic carbocycles. The lowest BCUT2D eigenvalue weighted by molar-refractivity contribution is -0.167. The summed E-state index contributed by atoms with van der Waals surface area (Å²) in [5.74, 6) is -0.668. The number of ether oxygens (including phenoxy) is 4. The predicted octanol–water partition coefficient (Wildman–Crippen LogP) is 7.38. The van der Waals surface area contributed by atoms with Gasteiger partial charge in [0.1, 0.15) is 36.3 Å². The molecule has 0 radical (unpaired) electrons. The Kier molecular flexibility index (Phi) is 15.0. The molecule has 14 nitrogen and oxygen atoms in total. The zero-order valence-electron chi connectivity index (χ0n) is 35.5. The molecule has 2 fully saturated rings. The Morgan fingerprint density at radius 3 is 1.45 bits per heavy atom. The van der Waals surface area contributed by atoms with E-state index < -0.39 is 11.9 Å². The molecule has 2 atom stereocenters. The summed E-state index contributed by atoms with van der Waals surface area (Å²) in [4.78, 5) is 45.1. The van der Waals surface area contributed by atoms with Gasteiger partial charge in [0.05, 0.1) is 38.4 Å². The summed E-state index contributed by atoms with van der Waals surface area (Å²) in [6.45, 7) is 3.70. The molecule has 0 saturated carbocycles. The second-order valence-electron chi connectivity index (χ2n) is 15.9. The summed E-state index contributed by atoms with van der Waals surface area (Å²) in [6, 6.07) is 24.7. The number of hydroxylamine groups is 4. The Hall–Kier alpha value is -6.52. The Labute approximate surface area is 370 Å². The van der Waals surface area contributed by atoms with Crippen LogP contribution < -0.4 is 20.1 Å². The monoisotopic (exact) mass is 878 g/mol. The van der Waals surface area contributed by atoms with Crippen LogP contribution in [0.25, 0.3) is 0 Å². The molecule has 16 heteroatoms. The zero-order chi connectivity index (χ0) is 44.1. The van der Waals surface area contributed by atoms with Crippen molar-refractivity contribution in [3.8, 4) is 11.5 Å². The maximum absolute atomic E-state index is 15.0. The highest BCUT2D eigenvalue weighted by Crippen LogP contribution is 2.24. The van der Waals surface area contributed by atoms with Crippen LogP contribution in [0.1, 0.15) is 60.8 Å². The van der Waals surface area contributed by atoms with Crippen molar-refractivity contribution in [1.82, 2.24) is 10.1 Å². The highest BCUT2D eigenvalue weighted by atomic mass is 19.1. The van der Waals surface area contributed by atoms with Crippen molar-refractivity contribution in [2.24, 2.45) is 9.98 Å². The van der Waals surface area contributed by atoms with Gasteiger partial charge in [-0.15, -0.1) is 0 Å². The molecule has 0 bridgehead atoms. The summed E-state index contributed by atoms with van der Waals surface area (Å²) in [5, 5.41) is 8.91. The first-order valence-corrected chi connectivity index (χ1v) is 21.8. The fraction of sp³-hybridized carbons (Fsp3) is 0.375. The lowest BCUT2D eigenvalue weighted by atomic mass is 10.0. The molecular weight excluding hydrogens is 827 g/mol. The van der Waals surface area contributed by atoms with E-state index >= 15 is 0 Å². The Morgan fingerprint density at radius 1 is 0.625 bits per heavy atom. The first-order chi connectivity index (χ1) is 31.3. The molecule has 4 aromatic rings. The fourth-order valence-corrected chi connectivity index (χ4v) is 7.55. The van der Waals surface area contributed by atoms with E-state index in [1.807, 2.05) is 48.5 Å². The number of halogens is 2. The minimum Gasteiger partial charge on any atom is -0.491 e. The summed E-state index contributed by atoms with van der Waals surface area (Å²) >= 11 is 0. The quantitative estimate of drug-likeness (QED) is 0.108. The van der Waals surface area contributed by atoms with Crippen LogP contribution in [-0.2, 0) is 41.6 Å². The third-order valence-corrected chi connectivity index (χ3v) is 11.0. The van der Waals surface area contributed by atoms with Crippen molar-refractivity contribution in [3.63, 3.8) is 0 Å². The van der Waals surface area contributed by atoms with E-state index in [2.05, 4.69) is 20.6 Å². The van der Waals surface area contributed by atoms with Crippen LogP contribution in [0, 0.1) is 11.6 Å². The van der Waals surface area contributed by atoms with Crippen molar-refractivity contribution in [1.29, 1.82) is 0 Å². The van der Waals surface area contributed by atoms with Gasteiger partial charge in [-0.05, 0) is 97.2 Å². The minimum atomic E-state index is -0.799. The molecular formula is C48H52F2N6O8. The maximum Gasteiger partial charge on any atom is 0.356 e. The van der Waals surface area contributed by atoms with E-state index in [1.54, 1.807) is 24.3 Å². The lowest BCUT2D eigenvalue weighted by Crippen LogP contribution is -2.35. The normalized spacial score (nSPS) is 18.7. The first kappa shape index (κ1) is 44.1. The number of guanidine groups is 2. The summed E-state index contributed by atoms with van der Waals surface area (Å²) in [7, 11) is 0. The van der Waals surface area contributed by atoms with Crippen LogP contribution in [-0.4, -0.2) is 98.8 Å². The molecule has 0 spiro atoms. The average Bonchev–Trinajstić information content (AvgIpc) is 3.95. The third-order valence-electron chi connectivity index (χ3n) is 11.0. The average molecular weight is 879 g/mol. The van der Waals surface area contributed by atoms with Crippen LogP contribution in [0.3, 0.4) is 0 Å². The van der Waals surface area contributed by atoms with E-state index in [0.29, 0.717) is 98.2 Å². The van der Waals surface area contributed by atoms with Gasteiger partial charge in [0.2, 0.25) is 11.9 Å². The van der Waals surface area contributed by atoms with Crippen LogP contribution >= 0.6 is 0 Å². The second-order valence-corrected chi connectivity index (χ2v) is 15.9. The van der Waals surface area contributed by atoms with Gasteiger partial charge in [-0.1, -0.05) is 36.4 Å². The standard InChI is InChI=1S/C48H52F2N6O8/c49-43-29-39(61-31-41-5-1-3-25-59-41)17-11-35(43)27-33-7-13-37(14-8-33)53-47-51-21-23-55(47)63-45(57)19-20-46(58)64-56-24-22-52-48(56)54-38-15-9-34(10-16-38)28-36-12-18-40(30-44(36)50)62-32-42-6-2-4-26-60-42/h7-20,29-30,41-42H,1-6,21-28,31-32H2,(H,51,53)(H,52,54)/b20-19-. The molecule has 2 saturated heterocycles. The molecule has 2 N–H and O–H groups in total. The molecule has 336 valence electrons. The smallest absolute Gasteiger partial charge is 0.356 e. The van der Waals surface area contributed by atoms with Gasteiger partial charge in [0.15, 0.2) is 0 Å². The van der Waals surface area contributed by atoms with Gasteiger partial charge in [0.25, 0.3) is 0 Å². The van der Waals surface area contributed by atoms with Crippen LogP contribution in [0.5, 0.6) is 11.5 Å². The molecule has 64 heavy (non-hydrogen) atoms. The van der Waals surface area contributed by atoms with Gasteiger partial charge in [-0.2, -0.15) is 10.1 Å². The zero-order valence-corrected chi connectivity index (χ0v) is 35.5. The Balaban J connectivity index is 0.750. The first-order valence-electron chi connectivity index (χ1n) is 21.8. The lowest BCUT2D eigenvalue weighted by Gasteiger charge is -2.22. The van der Waals surface area contributed by atoms with Crippen molar-refractivity contribution < 1.29 is 47.0 Å². The van der Waals surface area contributed by atoms with Gasteiger partial charge in [-0.25, -0.2) is 28.4 Å². The van der Waals surface area contributed by atoms with E-state index in [4.69, 9.17) is 28.6 Å². The molecule has 4 heterocycles. The van der Waals surface area contributed by atoms with Crippen molar-refractivity contribution >= 4 is 35.2 Å². The summed E-state index contributed by atoms with van der Waals surface area (Å²) in [6.07, 6.45) is 9.09. The molecule has 4 aliphatic rings. The van der Waals surface area contributed by atoms with Crippen LogP contribution in [0.2, 0.25) is 0 Å². The van der Waals surface area contributed by atoms with Crippen molar-refractivity contribution in [2.75, 3.05) is 63.2 Å². The van der Waals surface area contributed by atoms with Gasteiger partial charge in [0, 0.05) is 61.7 Å². The minimum absolute atomic E-state index is 0.0460. The van der Waals surface area contributed by atoms with Gasteiger partial charge >= 0.3 is 11.9 Å². The van der Waals surface area contributed by atoms with Gasteiger partial charge < -0.3 is 39.3 Å². The predicted molar refractivity (Wildman–Crippen MR) is 236 cm³/mol. The molecule has 0 aromatic heterocycles. The number of hydrogen-bond donors (Lipinski definition) is 2. The number of carbonyl (C=O) groups excluding carboxylic acids is 2. The van der Waals surface area contributed by atoms with E-state index in [-0.39, 0.29) is 23.8 Å².